The van der Waals surface area contributed by atoms with E-state index in [4.69, 9.17) is 16.2 Å². The number of nitrogens with zero attached hydrogens (tertiary/aromatic N) is 1. The van der Waals surface area contributed by atoms with Crippen molar-refractivity contribution in [2.24, 2.45) is 5.73 Å². The molecule has 7 heteroatoms. The van der Waals surface area contributed by atoms with Gasteiger partial charge in [-0.3, -0.25) is 9.80 Å². The highest BCUT2D eigenvalue weighted by atomic mass is 16.5. The number of nitrogens with two attached hydrogens (primary N) is 2. The van der Waals surface area contributed by atoms with Gasteiger partial charge in [0.2, 0.25) is 5.91 Å². The van der Waals surface area contributed by atoms with Crippen molar-refractivity contribution in [1.29, 1.82) is 0 Å². The largest absolute Gasteiger partial charge is 0.457 e. The van der Waals surface area contributed by atoms with E-state index in [0.717, 1.165) is 22.7 Å². The molecule has 144 valence electrons. The molecule has 3 aromatic carbocycles. The number of carbonyl (C=O) groups excluding carboxylic acids is 1. The summed E-state index contributed by atoms with van der Waals surface area (Å²) in [7, 11) is 0. The summed E-state index contributed by atoms with van der Waals surface area (Å²) in [6.45, 7) is 0. The van der Waals surface area contributed by atoms with Gasteiger partial charge in [0, 0.05) is 5.69 Å². The Kier molecular flexibility index (Phi) is 3.89. The van der Waals surface area contributed by atoms with Gasteiger partial charge >= 0.3 is 0 Å². The number of primary amides is 1. The number of hydrogen-bond donors (Lipinski definition) is 4. The third kappa shape index (κ3) is 2.94. The SMILES string of the molecule is NC(=O)C1=C2Nc3cc(N)ccc3N2NC1c1ccc(Oc2ccccc2)cc1. The van der Waals surface area contributed by atoms with Gasteiger partial charge in [-0.1, -0.05) is 30.3 Å². The van der Waals surface area contributed by atoms with Crippen LogP contribution in [0.3, 0.4) is 0 Å². The van der Waals surface area contributed by atoms with Crippen LogP contribution in [0.25, 0.3) is 0 Å². The van der Waals surface area contributed by atoms with Crippen LogP contribution in [-0.4, -0.2) is 5.91 Å². The molecule has 2 heterocycles. The second-order valence-electron chi connectivity index (χ2n) is 6.91. The number of amides is 1. The van der Waals surface area contributed by atoms with Crippen LogP contribution in [0.1, 0.15) is 11.6 Å². The lowest BCUT2D eigenvalue weighted by atomic mass is 9.99. The molecule has 5 rings (SSSR count). The van der Waals surface area contributed by atoms with Gasteiger partial charge in [-0.15, -0.1) is 0 Å². The van der Waals surface area contributed by atoms with E-state index in [9.17, 15) is 4.79 Å². The smallest absolute Gasteiger partial charge is 0.250 e. The van der Waals surface area contributed by atoms with Gasteiger partial charge in [0.05, 0.1) is 23.0 Å². The van der Waals surface area contributed by atoms with E-state index in [-0.39, 0.29) is 6.04 Å². The zero-order chi connectivity index (χ0) is 20.0. The van der Waals surface area contributed by atoms with Crippen molar-refractivity contribution in [2.75, 3.05) is 16.1 Å². The molecule has 0 saturated carbocycles. The Balaban J connectivity index is 1.44. The van der Waals surface area contributed by atoms with E-state index in [1.807, 2.05) is 77.8 Å². The fraction of sp³-hybridized carbons (Fsp3) is 0.0455. The van der Waals surface area contributed by atoms with E-state index < -0.39 is 5.91 Å². The molecule has 0 aliphatic carbocycles. The zero-order valence-electron chi connectivity index (χ0n) is 15.4. The van der Waals surface area contributed by atoms with Crippen LogP contribution in [0.2, 0.25) is 0 Å². The molecule has 0 spiro atoms. The van der Waals surface area contributed by atoms with Crippen molar-refractivity contribution in [3.05, 3.63) is 89.8 Å². The molecule has 0 aromatic heterocycles. The molecule has 1 unspecified atom stereocenters. The summed E-state index contributed by atoms with van der Waals surface area (Å²) in [4.78, 5) is 12.3. The number of anilines is 3. The summed E-state index contributed by atoms with van der Waals surface area (Å²) >= 11 is 0. The van der Waals surface area contributed by atoms with Crippen molar-refractivity contribution in [3.63, 3.8) is 0 Å². The van der Waals surface area contributed by atoms with Gasteiger partial charge in [0.15, 0.2) is 0 Å². The third-order valence-electron chi connectivity index (χ3n) is 5.00. The van der Waals surface area contributed by atoms with Crippen LogP contribution in [0.5, 0.6) is 11.5 Å². The van der Waals surface area contributed by atoms with Gasteiger partial charge < -0.3 is 21.5 Å². The molecule has 2 aliphatic rings. The number of para-hydroxylation sites is 1. The number of rotatable bonds is 4. The number of hydrogen-bond acceptors (Lipinski definition) is 6. The van der Waals surface area contributed by atoms with Gasteiger partial charge in [-0.25, -0.2) is 5.43 Å². The highest BCUT2D eigenvalue weighted by molar-refractivity contribution is 5.99. The molecule has 0 radical (unpaired) electrons. The Morgan fingerprint density at radius 2 is 1.69 bits per heavy atom. The molecule has 2 aliphatic heterocycles. The first-order valence-electron chi connectivity index (χ1n) is 9.20. The quantitative estimate of drug-likeness (QED) is 0.514. The molecule has 3 aromatic rings. The maximum Gasteiger partial charge on any atom is 0.250 e. The molecule has 0 saturated heterocycles. The number of nitrogens with one attached hydrogen (secondary N) is 2. The summed E-state index contributed by atoms with van der Waals surface area (Å²) in [5.41, 5.74) is 18.7. The Labute approximate surface area is 167 Å². The standard InChI is InChI=1S/C22H19N5O2/c23-14-8-11-18-17(12-14)25-22-19(21(24)28)20(26-27(18)22)13-6-9-16(10-7-13)29-15-4-2-1-3-5-15/h1-12,20,25-26H,23H2,(H2,24,28). The average Bonchev–Trinajstić information content (AvgIpc) is 3.24. The fourth-order valence-corrected chi connectivity index (χ4v) is 3.66. The van der Waals surface area contributed by atoms with Crippen LogP contribution in [-0.2, 0) is 4.79 Å². The van der Waals surface area contributed by atoms with Gasteiger partial charge in [0.25, 0.3) is 0 Å². The van der Waals surface area contributed by atoms with E-state index in [1.165, 1.54) is 0 Å². The zero-order valence-corrected chi connectivity index (χ0v) is 15.4. The highest BCUT2D eigenvalue weighted by Gasteiger charge is 2.40. The minimum absolute atomic E-state index is 0.369. The molecule has 1 atom stereocenters. The van der Waals surface area contributed by atoms with Crippen LogP contribution in [0.15, 0.2) is 84.2 Å². The second kappa shape index (κ2) is 6.57. The molecular weight excluding hydrogens is 366 g/mol. The molecule has 1 amide bonds. The van der Waals surface area contributed by atoms with E-state index in [0.29, 0.717) is 22.8 Å². The predicted octanol–water partition coefficient (Wildman–Crippen LogP) is 3.25. The number of nitrogen functional groups attached to an aromatic ring is 1. The van der Waals surface area contributed by atoms with Crippen molar-refractivity contribution < 1.29 is 9.53 Å². The lowest BCUT2D eigenvalue weighted by molar-refractivity contribution is -0.114. The lowest BCUT2D eigenvalue weighted by Crippen LogP contribution is -2.32. The Morgan fingerprint density at radius 1 is 0.966 bits per heavy atom. The maximum absolute atomic E-state index is 12.3. The molecule has 6 N–H and O–H groups in total. The van der Waals surface area contributed by atoms with E-state index in [1.54, 1.807) is 0 Å². The summed E-state index contributed by atoms with van der Waals surface area (Å²) in [5.74, 6) is 1.62. The average molecular weight is 385 g/mol. The van der Waals surface area contributed by atoms with Crippen molar-refractivity contribution in [1.82, 2.24) is 5.43 Å². The number of hydrazine groups is 1. The number of benzene rings is 3. The minimum atomic E-state index is -0.488. The first-order chi connectivity index (χ1) is 14.1. The van der Waals surface area contributed by atoms with Crippen LogP contribution in [0.4, 0.5) is 17.1 Å². The molecule has 29 heavy (non-hydrogen) atoms. The van der Waals surface area contributed by atoms with E-state index in [2.05, 4.69) is 10.7 Å². The summed E-state index contributed by atoms with van der Waals surface area (Å²) in [6, 6.07) is 22.3. The molecule has 0 bridgehead atoms. The van der Waals surface area contributed by atoms with Crippen LogP contribution >= 0.6 is 0 Å². The fourth-order valence-electron chi connectivity index (χ4n) is 3.66. The monoisotopic (exact) mass is 385 g/mol. The lowest BCUT2D eigenvalue weighted by Gasteiger charge is -2.19. The van der Waals surface area contributed by atoms with Gasteiger partial charge in [0.1, 0.15) is 17.3 Å². The maximum atomic E-state index is 12.3. The van der Waals surface area contributed by atoms with Crippen molar-refractivity contribution in [3.8, 4) is 11.5 Å². The van der Waals surface area contributed by atoms with Crippen LogP contribution < -0.4 is 32.0 Å². The molecule has 7 nitrogen and oxygen atoms in total. The summed E-state index contributed by atoms with van der Waals surface area (Å²) in [6.07, 6.45) is 0. The highest BCUT2D eigenvalue weighted by Crippen LogP contribution is 2.44. The normalized spacial score (nSPS) is 17.0. The number of ether oxygens (including phenoxy) is 1. The van der Waals surface area contributed by atoms with Crippen molar-refractivity contribution >= 4 is 23.0 Å². The first-order valence-corrected chi connectivity index (χ1v) is 9.20. The Morgan fingerprint density at radius 3 is 2.41 bits per heavy atom. The topological polar surface area (TPSA) is 106 Å². The molecular formula is C22H19N5O2. The molecule has 0 fully saturated rings. The summed E-state index contributed by atoms with van der Waals surface area (Å²) < 4.78 is 5.84. The third-order valence-corrected chi connectivity index (χ3v) is 5.00. The van der Waals surface area contributed by atoms with Gasteiger partial charge in [-0.2, -0.15) is 0 Å². The minimum Gasteiger partial charge on any atom is -0.457 e. The summed E-state index contributed by atoms with van der Waals surface area (Å²) in [5, 5.41) is 5.09. The van der Waals surface area contributed by atoms with Crippen molar-refractivity contribution in [2.45, 2.75) is 6.04 Å². The van der Waals surface area contributed by atoms with E-state index >= 15 is 0 Å². The predicted molar refractivity (Wildman–Crippen MR) is 112 cm³/mol. The van der Waals surface area contributed by atoms with Crippen LogP contribution in [0, 0.1) is 0 Å². The second-order valence-corrected chi connectivity index (χ2v) is 6.91. The Bertz CT molecular complexity index is 1130. The number of fused-ring (bicyclic) bond motifs is 3. The van der Waals surface area contributed by atoms with Gasteiger partial charge in [-0.05, 0) is 48.0 Å². The Hall–Kier alpha value is -3.97. The number of carbonyl (C=O) groups is 1. The first kappa shape index (κ1) is 17.2.